The lowest BCUT2D eigenvalue weighted by Gasteiger charge is -2.19. The molecule has 0 aromatic heterocycles. The van der Waals surface area contributed by atoms with Crippen molar-refractivity contribution in [1.29, 1.82) is 0 Å². The van der Waals surface area contributed by atoms with Gasteiger partial charge in [0.1, 0.15) is 6.04 Å². The maximum atomic E-state index is 12.4. The van der Waals surface area contributed by atoms with Gasteiger partial charge in [0.05, 0.1) is 4.92 Å². The highest BCUT2D eigenvalue weighted by molar-refractivity contribution is 6.01. The van der Waals surface area contributed by atoms with Crippen LogP contribution in [0, 0.1) is 10.1 Å². The van der Waals surface area contributed by atoms with Gasteiger partial charge in [-0.1, -0.05) is 12.1 Å². The lowest BCUT2D eigenvalue weighted by atomic mass is 10.1. The van der Waals surface area contributed by atoms with E-state index in [0.717, 1.165) is 31.6 Å². The second-order valence-electron chi connectivity index (χ2n) is 6.74. The molecule has 28 heavy (non-hydrogen) atoms. The Balaban J connectivity index is 1.61. The number of carbonyl (C=O) groups is 2. The van der Waals surface area contributed by atoms with Crippen LogP contribution in [0.2, 0.25) is 0 Å². The van der Waals surface area contributed by atoms with Crippen LogP contribution in [0.25, 0.3) is 0 Å². The maximum absolute atomic E-state index is 12.4. The Labute approximate surface area is 162 Å². The van der Waals surface area contributed by atoms with Crippen molar-refractivity contribution in [3.8, 4) is 0 Å². The SMILES string of the molecule is CC(NC(=O)c1cccc([N+](=O)[O-])c1)C(=O)Nc1cccc(N2CCCC2)c1. The summed E-state index contributed by atoms with van der Waals surface area (Å²) in [5.41, 5.74) is 1.67. The zero-order chi connectivity index (χ0) is 20.1. The molecule has 2 N–H and O–H groups in total. The molecule has 0 spiro atoms. The summed E-state index contributed by atoms with van der Waals surface area (Å²) in [5.74, 6) is -0.908. The molecule has 146 valence electrons. The van der Waals surface area contributed by atoms with Crippen LogP contribution in [0.15, 0.2) is 48.5 Å². The smallest absolute Gasteiger partial charge is 0.270 e. The van der Waals surface area contributed by atoms with E-state index in [2.05, 4.69) is 15.5 Å². The van der Waals surface area contributed by atoms with Crippen molar-refractivity contribution in [3.05, 3.63) is 64.2 Å². The first kappa shape index (κ1) is 19.3. The number of hydrogen-bond acceptors (Lipinski definition) is 5. The van der Waals surface area contributed by atoms with Crippen molar-refractivity contribution >= 4 is 28.9 Å². The second kappa shape index (κ2) is 8.51. The van der Waals surface area contributed by atoms with Gasteiger partial charge in [-0.05, 0) is 44.0 Å². The van der Waals surface area contributed by atoms with Crippen LogP contribution in [-0.2, 0) is 4.79 Å². The molecule has 1 saturated heterocycles. The molecule has 1 aliphatic heterocycles. The molecular formula is C20H22N4O4. The molecule has 2 aromatic carbocycles. The van der Waals surface area contributed by atoms with Gasteiger partial charge in [-0.15, -0.1) is 0 Å². The molecular weight excluding hydrogens is 360 g/mol. The number of anilines is 2. The number of amides is 2. The lowest BCUT2D eigenvalue weighted by molar-refractivity contribution is -0.384. The minimum absolute atomic E-state index is 0.130. The number of nitrogens with zero attached hydrogens (tertiary/aromatic N) is 2. The predicted molar refractivity (Wildman–Crippen MR) is 107 cm³/mol. The Kier molecular flexibility index (Phi) is 5.88. The molecule has 0 radical (unpaired) electrons. The van der Waals surface area contributed by atoms with Crippen molar-refractivity contribution in [3.63, 3.8) is 0 Å². The zero-order valence-electron chi connectivity index (χ0n) is 15.6. The van der Waals surface area contributed by atoms with Crippen molar-refractivity contribution in [2.45, 2.75) is 25.8 Å². The highest BCUT2D eigenvalue weighted by Gasteiger charge is 2.19. The first-order chi connectivity index (χ1) is 13.4. The molecule has 1 heterocycles. The summed E-state index contributed by atoms with van der Waals surface area (Å²) in [6, 6.07) is 12.2. The Bertz CT molecular complexity index is 893. The fourth-order valence-corrected chi connectivity index (χ4v) is 3.11. The highest BCUT2D eigenvalue weighted by Crippen LogP contribution is 2.23. The molecule has 0 aliphatic carbocycles. The van der Waals surface area contributed by atoms with Crippen LogP contribution < -0.4 is 15.5 Å². The van der Waals surface area contributed by atoms with E-state index in [1.807, 2.05) is 18.2 Å². The number of nitro benzene ring substituents is 1. The van der Waals surface area contributed by atoms with Crippen LogP contribution in [0.5, 0.6) is 0 Å². The second-order valence-corrected chi connectivity index (χ2v) is 6.74. The Morgan fingerprint density at radius 3 is 2.54 bits per heavy atom. The molecule has 1 aliphatic rings. The normalized spacial score (nSPS) is 14.4. The van der Waals surface area contributed by atoms with Crippen LogP contribution in [0.1, 0.15) is 30.1 Å². The van der Waals surface area contributed by atoms with E-state index in [-0.39, 0.29) is 17.2 Å². The molecule has 1 atom stereocenters. The van der Waals surface area contributed by atoms with E-state index in [0.29, 0.717) is 5.69 Å². The third-order valence-electron chi connectivity index (χ3n) is 4.64. The van der Waals surface area contributed by atoms with Crippen molar-refractivity contribution in [2.24, 2.45) is 0 Å². The van der Waals surface area contributed by atoms with Gasteiger partial charge >= 0.3 is 0 Å². The fourth-order valence-electron chi connectivity index (χ4n) is 3.11. The first-order valence-electron chi connectivity index (χ1n) is 9.15. The van der Waals surface area contributed by atoms with Gasteiger partial charge in [-0.2, -0.15) is 0 Å². The average molecular weight is 382 g/mol. The summed E-state index contributed by atoms with van der Waals surface area (Å²) in [5, 5.41) is 16.2. The summed E-state index contributed by atoms with van der Waals surface area (Å²) in [6.07, 6.45) is 2.33. The Hall–Kier alpha value is -3.42. The van der Waals surface area contributed by atoms with E-state index >= 15 is 0 Å². The highest BCUT2D eigenvalue weighted by atomic mass is 16.6. The average Bonchev–Trinajstić information content (AvgIpc) is 3.23. The van der Waals surface area contributed by atoms with Gasteiger partial charge in [-0.3, -0.25) is 19.7 Å². The van der Waals surface area contributed by atoms with Crippen LogP contribution in [0.4, 0.5) is 17.1 Å². The standard InChI is InChI=1S/C20H22N4O4/c1-14(21-20(26)15-6-4-9-18(12-15)24(27)28)19(25)22-16-7-5-8-17(13-16)23-10-2-3-11-23/h4-9,12-14H,2-3,10-11H2,1H3,(H,21,26)(H,22,25). The van der Waals surface area contributed by atoms with Gasteiger partial charge in [0.15, 0.2) is 0 Å². The van der Waals surface area contributed by atoms with E-state index < -0.39 is 16.9 Å². The zero-order valence-corrected chi connectivity index (χ0v) is 15.6. The van der Waals surface area contributed by atoms with Crippen LogP contribution in [-0.4, -0.2) is 35.9 Å². The van der Waals surface area contributed by atoms with Gasteiger partial charge < -0.3 is 15.5 Å². The number of hydrogen-bond donors (Lipinski definition) is 2. The topological polar surface area (TPSA) is 105 Å². The maximum Gasteiger partial charge on any atom is 0.270 e. The monoisotopic (exact) mass is 382 g/mol. The van der Waals surface area contributed by atoms with Gasteiger partial charge in [0.2, 0.25) is 5.91 Å². The molecule has 1 fully saturated rings. The van der Waals surface area contributed by atoms with E-state index in [4.69, 9.17) is 0 Å². The molecule has 1 unspecified atom stereocenters. The van der Waals surface area contributed by atoms with Crippen molar-refractivity contribution in [2.75, 3.05) is 23.3 Å². The summed E-state index contributed by atoms with van der Waals surface area (Å²) in [7, 11) is 0. The minimum Gasteiger partial charge on any atom is -0.371 e. The fraction of sp³-hybridized carbons (Fsp3) is 0.300. The van der Waals surface area contributed by atoms with Crippen LogP contribution >= 0.6 is 0 Å². The lowest BCUT2D eigenvalue weighted by Crippen LogP contribution is -2.41. The molecule has 3 rings (SSSR count). The number of benzene rings is 2. The molecule has 0 saturated carbocycles. The van der Waals surface area contributed by atoms with Gasteiger partial charge in [0.25, 0.3) is 11.6 Å². The summed E-state index contributed by atoms with van der Waals surface area (Å²) < 4.78 is 0. The van der Waals surface area contributed by atoms with E-state index in [9.17, 15) is 19.7 Å². The third-order valence-corrected chi connectivity index (χ3v) is 4.64. The van der Waals surface area contributed by atoms with Gasteiger partial charge in [-0.25, -0.2) is 0 Å². The number of carbonyl (C=O) groups excluding carboxylic acids is 2. The number of nitro groups is 1. The molecule has 2 amide bonds. The Morgan fingerprint density at radius 2 is 1.82 bits per heavy atom. The van der Waals surface area contributed by atoms with Crippen molar-refractivity contribution in [1.82, 2.24) is 5.32 Å². The summed E-state index contributed by atoms with van der Waals surface area (Å²) in [4.78, 5) is 37.3. The Morgan fingerprint density at radius 1 is 1.11 bits per heavy atom. The molecule has 8 nitrogen and oxygen atoms in total. The van der Waals surface area contributed by atoms with Gasteiger partial charge in [0, 0.05) is 42.2 Å². The van der Waals surface area contributed by atoms with Crippen LogP contribution in [0.3, 0.4) is 0 Å². The number of non-ortho nitro benzene ring substituents is 1. The minimum atomic E-state index is -0.804. The summed E-state index contributed by atoms with van der Waals surface area (Å²) >= 11 is 0. The summed E-state index contributed by atoms with van der Waals surface area (Å²) in [6.45, 7) is 3.58. The number of rotatable bonds is 6. The first-order valence-corrected chi connectivity index (χ1v) is 9.15. The number of nitrogens with one attached hydrogen (secondary N) is 2. The van der Waals surface area contributed by atoms with Crippen molar-refractivity contribution < 1.29 is 14.5 Å². The quantitative estimate of drug-likeness (QED) is 0.590. The largest absolute Gasteiger partial charge is 0.371 e. The predicted octanol–water partition coefficient (Wildman–Crippen LogP) is 2.95. The van der Waals surface area contributed by atoms with E-state index in [1.165, 1.54) is 24.3 Å². The molecule has 2 aromatic rings. The van der Waals surface area contributed by atoms with E-state index in [1.54, 1.807) is 13.0 Å². The molecule has 0 bridgehead atoms. The molecule has 8 heteroatoms. The third kappa shape index (κ3) is 4.64.